The Hall–Kier alpha value is -3.29. The van der Waals surface area contributed by atoms with Crippen molar-refractivity contribution in [1.82, 2.24) is 4.90 Å². The Labute approximate surface area is 208 Å². The molecular weight excluding hydrogens is 470 g/mol. The van der Waals surface area contributed by atoms with Crippen molar-refractivity contribution < 1.29 is 14.3 Å². The smallest absolute Gasteiger partial charge is 0.242 e. The average Bonchev–Trinajstić information content (AvgIpc) is 3.12. The predicted octanol–water partition coefficient (Wildman–Crippen LogP) is 5.55. The van der Waals surface area contributed by atoms with Gasteiger partial charge in [0.25, 0.3) is 0 Å². The summed E-state index contributed by atoms with van der Waals surface area (Å²) in [6, 6.07) is 24.2. The van der Waals surface area contributed by atoms with Gasteiger partial charge in [-0.2, -0.15) is 0 Å². The van der Waals surface area contributed by atoms with Gasteiger partial charge in [0.2, 0.25) is 11.8 Å². The van der Waals surface area contributed by atoms with E-state index in [1.165, 1.54) is 11.8 Å². The average molecular weight is 494 g/mol. The molecule has 0 radical (unpaired) electrons. The molecule has 3 aromatic rings. The molecule has 1 heterocycles. The maximum absolute atomic E-state index is 13.3. The van der Waals surface area contributed by atoms with Crippen LogP contribution in [0, 0.1) is 0 Å². The van der Waals surface area contributed by atoms with Gasteiger partial charge in [0.05, 0.1) is 12.8 Å². The molecule has 1 aliphatic heterocycles. The van der Waals surface area contributed by atoms with Crippen LogP contribution >= 0.6 is 23.4 Å². The van der Waals surface area contributed by atoms with Crippen LogP contribution in [0.5, 0.6) is 5.75 Å². The molecule has 4 rings (SSSR count). The van der Waals surface area contributed by atoms with E-state index < -0.39 is 5.25 Å². The molecule has 174 valence electrons. The Morgan fingerprint density at radius 3 is 2.56 bits per heavy atom. The standard InChI is InChI=1S/C26H24ClN3O3S/c1-33-22-12-10-20(11-13-22)28-24(31)17-23-25(32)30(15-14-18-6-3-2-4-7-18)26(34-23)29-21-9-5-8-19(27)16-21/h2-13,16,23H,14-15,17H2,1H3,(H,28,31). The third-order valence-electron chi connectivity index (χ3n) is 5.26. The quantitative estimate of drug-likeness (QED) is 0.446. The summed E-state index contributed by atoms with van der Waals surface area (Å²) in [6.45, 7) is 0.478. The van der Waals surface area contributed by atoms with Crippen LogP contribution < -0.4 is 10.1 Å². The molecule has 6 nitrogen and oxygen atoms in total. The lowest BCUT2D eigenvalue weighted by molar-refractivity contribution is -0.128. The molecule has 1 unspecified atom stereocenters. The topological polar surface area (TPSA) is 71.0 Å². The second-order valence-corrected chi connectivity index (χ2v) is 9.29. The van der Waals surface area contributed by atoms with Crippen LogP contribution in [0.25, 0.3) is 0 Å². The van der Waals surface area contributed by atoms with Gasteiger partial charge >= 0.3 is 0 Å². The molecule has 1 fully saturated rings. The first-order valence-electron chi connectivity index (χ1n) is 10.8. The first-order chi connectivity index (χ1) is 16.5. The lowest BCUT2D eigenvalue weighted by Crippen LogP contribution is -2.35. The van der Waals surface area contributed by atoms with Crippen molar-refractivity contribution in [3.05, 3.63) is 89.4 Å². The minimum absolute atomic E-state index is 0.0476. The zero-order valence-electron chi connectivity index (χ0n) is 18.6. The summed E-state index contributed by atoms with van der Waals surface area (Å²) in [5.74, 6) is 0.352. The minimum Gasteiger partial charge on any atom is -0.497 e. The highest BCUT2D eigenvalue weighted by Gasteiger charge is 2.39. The largest absolute Gasteiger partial charge is 0.497 e. The lowest BCUT2D eigenvalue weighted by Gasteiger charge is -2.16. The van der Waals surface area contributed by atoms with Gasteiger partial charge in [0.1, 0.15) is 11.0 Å². The summed E-state index contributed by atoms with van der Waals surface area (Å²) in [5.41, 5.74) is 2.44. The number of aliphatic imine (C=N–C) groups is 1. The van der Waals surface area contributed by atoms with Gasteiger partial charge in [0, 0.05) is 23.7 Å². The maximum Gasteiger partial charge on any atom is 0.242 e. The number of hydrogen-bond acceptors (Lipinski definition) is 5. The van der Waals surface area contributed by atoms with Crippen molar-refractivity contribution >= 4 is 51.7 Å². The van der Waals surface area contributed by atoms with E-state index in [0.29, 0.717) is 40.3 Å². The zero-order chi connectivity index (χ0) is 23.9. The van der Waals surface area contributed by atoms with Gasteiger partial charge in [-0.3, -0.25) is 14.5 Å². The van der Waals surface area contributed by atoms with Gasteiger partial charge in [-0.05, 0) is 54.4 Å². The monoisotopic (exact) mass is 493 g/mol. The highest BCUT2D eigenvalue weighted by molar-refractivity contribution is 8.15. The lowest BCUT2D eigenvalue weighted by atomic mass is 10.1. The van der Waals surface area contributed by atoms with Crippen molar-refractivity contribution in [3.63, 3.8) is 0 Å². The molecule has 3 aromatic carbocycles. The summed E-state index contributed by atoms with van der Waals surface area (Å²) in [4.78, 5) is 32.3. The molecular formula is C26H24ClN3O3S. The van der Waals surface area contributed by atoms with Gasteiger partial charge in [-0.25, -0.2) is 4.99 Å². The molecule has 0 aromatic heterocycles. The van der Waals surface area contributed by atoms with E-state index in [1.54, 1.807) is 48.4 Å². The number of nitrogens with one attached hydrogen (secondary N) is 1. The third-order valence-corrected chi connectivity index (χ3v) is 6.67. The highest BCUT2D eigenvalue weighted by Crippen LogP contribution is 2.32. The van der Waals surface area contributed by atoms with Crippen LogP contribution in [0.2, 0.25) is 5.02 Å². The zero-order valence-corrected chi connectivity index (χ0v) is 20.2. The van der Waals surface area contributed by atoms with Gasteiger partial charge < -0.3 is 10.1 Å². The van der Waals surface area contributed by atoms with E-state index in [-0.39, 0.29) is 18.2 Å². The first kappa shape index (κ1) is 23.9. The molecule has 0 aliphatic carbocycles. The molecule has 0 bridgehead atoms. The van der Waals surface area contributed by atoms with Crippen LogP contribution in [0.3, 0.4) is 0 Å². The SMILES string of the molecule is COc1ccc(NC(=O)CC2SC(=Nc3cccc(Cl)c3)N(CCc3ccccc3)C2=O)cc1. The third kappa shape index (κ3) is 6.18. The summed E-state index contributed by atoms with van der Waals surface area (Å²) < 4.78 is 5.14. The Morgan fingerprint density at radius 1 is 1.09 bits per heavy atom. The number of ether oxygens (including phenoxy) is 1. The van der Waals surface area contributed by atoms with Crippen molar-refractivity contribution in [3.8, 4) is 5.75 Å². The number of halogens is 1. The summed E-state index contributed by atoms with van der Waals surface area (Å²) in [5, 5.41) is 3.45. The number of benzene rings is 3. The summed E-state index contributed by atoms with van der Waals surface area (Å²) >= 11 is 7.42. The highest BCUT2D eigenvalue weighted by atomic mass is 35.5. The molecule has 1 atom stereocenters. The maximum atomic E-state index is 13.3. The molecule has 8 heteroatoms. The Morgan fingerprint density at radius 2 is 1.85 bits per heavy atom. The molecule has 0 saturated carbocycles. The number of carbonyl (C=O) groups excluding carboxylic acids is 2. The number of amidine groups is 1. The fourth-order valence-corrected chi connectivity index (χ4v) is 4.90. The second kappa shape index (κ2) is 11.2. The van der Waals surface area contributed by atoms with Gasteiger partial charge in [0.15, 0.2) is 5.17 Å². The van der Waals surface area contributed by atoms with E-state index in [0.717, 1.165) is 5.56 Å². The number of carbonyl (C=O) groups is 2. The summed E-state index contributed by atoms with van der Waals surface area (Å²) in [7, 11) is 1.59. The van der Waals surface area contributed by atoms with Crippen molar-refractivity contribution in [2.24, 2.45) is 4.99 Å². The fourth-order valence-electron chi connectivity index (χ4n) is 3.53. The Kier molecular flexibility index (Phi) is 7.87. The van der Waals surface area contributed by atoms with E-state index in [2.05, 4.69) is 10.3 Å². The predicted molar refractivity (Wildman–Crippen MR) is 138 cm³/mol. The molecule has 1 saturated heterocycles. The molecule has 2 amide bonds. The number of hydrogen-bond donors (Lipinski definition) is 1. The second-order valence-electron chi connectivity index (χ2n) is 7.69. The van der Waals surface area contributed by atoms with Gasteiger partial charge in [-0.15, -0.1) is 0 Å². The Balaban J connectivity index is 1.48. The molecule has 0 spiro atoms. The van der Waals surface area contributed by atoms with Crippen LogP contribution in [-0.4, -0.2) is 40.8 Å². The van der Waals surface area contributed by atoms with Crippen molar-refractivity contribution in [1.29, 1.82) is 0 Å². The van der Waals surface area contributed by atoms with Crippen LogP contribution in [0.15, 0.2) is 83.9 Å². The van der Waals surface area contributed by atoms with E-state index in [4.69, 9.17) is 16.3 Å². The van der Waals surface area contributed by atoms with E-state index >= 15 is 0 Å². The first-order valence-corrected chi connectivity index (χ1v) is 12.1. The normalized spacial score (nSPS) is 16.6. The minimum atomic E-state index is -0.549. The number of anilines is 1. The number of nitrogens with zero attached hydrogens (tertiary/aromatic N) is 2. The van der Waals surface area contributed by atoms with E-state index in [1.807, 2.05) is 42.5 Å². The van der Waals surface area contributed by atoms with Crippen molar-refractivity contribution in [2.45, 2.75) is 18.1 Å². The van der Waals surface area contributed by atoms with Crippen molar-refractivity contribution in [2.75, 3.05) is 19.0 Å². The number of amides is 2. The van der Waals surface area contributed by atoms with Gasteiger partial charge in [-0.1, -0.05) is 59.8 Å². The molecule has 1 N–H and O–H groups in total. The number of rotatable bonds is 8. The summed E-state index contributed by atoms with van der Waals surface area (Å²) in [6.07, 6.45) is 0.735. The van der Waals surface area contributed by atoms with Crippen LogP contribution in [0.1, 0.15) is 12.0 Å². The van der Waals surface area contributed by atoms with Crippen LogP contribution in [0.4, 0.5) is 11.4 Å². The number of methoxy groups -OCH3 is 1. The molecule has 1 aliphatic rings. The fraction of sp³-hybridized carbons (Fsp3) is 0.192. The Bertz CT molecular complexity index is 1190. The van der Waals surface area contributed by atoms with E-state index in [9.17, 15) is 9.59 Å². The molecule has 34 heavy (non-hydrogen) atoms. The number of thioether (sulfide) groups is 1. The van der Waals surface area contributed by atoms with Crippen LogP contribution in [-0.2, 0) is 16.0 Å².